The Labute approximate surface area is 117 Å². The van der Waals surface area contributed by atoms with Crippen LogP contribution in [0, 0.1) is 0 Å². The van der Waals surface area contributed by atoms with Crippen LogP contribution in [0.2, 0.25) is 5.02 Å². The van der Waals surface area contributed by atoms with E-state index >= 15 is 0 Å². The molecule has 0 bridgehead atoms. The molecule has 1 heterocycles. The van der Waals surface area contributed by atoms with Crippen molar-refractivity contribution in [3.63, 3.8) is 0 Å². The Kier molecular flexibility index (Phi) is 4.52. The highest BCUT2D eigenvalue weighted by atomic mass is 35.5. The molecule has 2 aromatic rings. The van der Waals surface area contributed by atoms with E-state index in [1.54, 1.807) is 6.20 Å². The quantitative estimate of drug-likeness (QED) is 0.876. The molecule has 6 heteroatoms. The average Bonchev–Trinajstić information content (AvgIpc) is 2.42. The Morgan fingerprint density at radius 2 is 2.11 bits per heavy atom. The summed E-state index contributed by atoms with van der Waals surface area (Å²) in [5.74, 6) is 1.11. The number of hydrogen-bond donors (Lipinski definition) is 2. The fourth-order valence-corrected chi connectivity index (χ4v) is 1.63. The van der Waals surface area contributed by atoms with Crippen LogP contribution in [-0.2, 0) is 0 Å². The highest BCUT2D eigenvalue weighted by Gasteiger charge is 2.05. The molecule has 0 aliphatic rings. The van der Waals surface area contributed by atoms with Crippen LogP contribution in [0.25, 0.3) is 0 Å². The monoisotopic (exact) mass is 277 g/mol. The predicted molar refractivity (Wildman–Crippen MR) is 77.9 cm³/mol. The van der Waals surface area contributed by atoms with Crippen LogP contribution >= 0.6 is 11.6 Å². The number of nitrogens with one attached hydrogen (secondary N) is 2. The first-order chi connectivity index (χ1) is 9.19. The third-order valence-corrected chi connectivity index (χ3v) is 3.01. The zero-order valence-corrected chi connectivity index (χ0v) is 11.6. The first kappa shape index (κ1) is 13.5. The van der Waals surface area contributed by atoms with Crippen LogP contribution < -0.4 is 10.6 Å². The lowest BCUT2D eigenvalue weighted by Gasteiger charge is -2.12. The topological polar surface area (TPSA) is 62.7 Å². The molecule has 19 heavy (non-hydrogen) atoms. The highest BCUT2D eigenvalue weighted by molar-refractivity contribution is 6.33. The van der Waals surface area contributed by atoms with Crippen LogP contribution in [0.3, 0.4) is 0 Å². The number of anilines is 3. The molecular weight excluding hydrogens is 262 g/mol. The Bertz CT molecular complexity index is 546. The Morgan fingerprint density at radius 1 is 1.32 bits per heavy atom. The zero-order chi connectivity index (χ0) is 13.7. The molecule has 0 saturated heterocycles. The van der Waals surface area contributed by atoms with E-state index in [0.29, 0.717) is 22.8 Å². The van der Waals surface area contributed by atoms with E-state index in [1.165, 1.54) is 0 Å². The lowest BCUT2D eigenvalue weighted by molar-refractivity contribution is 0.746. The minimum absolute atomic E-state index is 0.303. The first-order valence-electron chi connectivity index (χ1n) is 6.17. The van der Waals surface area contributed by atoms with Gasteiger partial charge in [-0.25, -0.2) is 0 Å². The van der Waals surface area contributed by atoms with Gasteiger partial charge in [0.25, 0.3) is 0 Å². The van der Waals surface area contributed by atoms with Gasteiger partial charge in [-0.3, -0.25) is 0 Å². The third-order valence-electron chi connectivity index (χ3n) is 2.68. The molecule has 0 radical (unpaired) electrons. The van der Waals surface area contributed by atoms with Gasteiger partial charge < -0.3 is 10.6 Å². The lowest BCUT2D eigenvalue weighted by atomic mass is 10.3. The molecule has 100 valence electrons. The third kappa shape index (κ3) is 3.79. The summed E-state index contributed by atoms with van der Waals surface area (Å²) in [6, 6.07) is 7.78. The number of rotatable bonds is 5. The summed E-state index contributed by atoms with van der Waals surface area (Å²) >= 11 is 6.08. The molecule has 2 N–H and O–H groups in total. The standard InChI is InChI=1S/C13H16ClN5/c1-3-9(2)16-13-18-12(8-15-19-13)17-11-7-5-4-6-10(11)14/h4-9H,3H2,1-2H3,(H2,16,17,18,19). The molecule has 0 aliphatic carbocycles. The van der Waals surface area contributed by atoms with E-state index in [9.17, 15) is 0 Å². The molecule has 2 rings (SSSR count). The van der Waals surface area contributed by atoms with Gasteiger partial charge in [-0.2, -0.15) is 10.1 Å². The van der Waals surface area contributed by atoms with E-state index in [1.807, 2.05) is 24.3 Å². The zero-order valence-electron chi connectivity index (χ0n) is 10.9. The van der Waals surface area contributed by atoms with Crippen LogP contribution in [0.5, 0.6) is 0 Å². The maximum absolute atomic E-state index is 6.08. The van der Waals surface area contributed by atoms with E-state index in [-0.39, 0.29) is 0 Å². The normalized spacial score (nSPS) is 11.9. The van der Waals surface area contributed by atoms with Gasteiger partial charge in [0.1, 0.15) is 0 Å². The molecule has 0 saturated carbocycles. The number of hydrogen-bond acceptors (Lipinski definition) is 5. The van der Waals surface area contributed by atoms with Crippen LogP contribution in [0.15, 0.2) is 30.5 Å². The summed E-state index contributed by atoms with van der Waals surface area (Å²) in [6.45, 7) is 4.16. The smallest absolute Gasteiger partial charge is 0.244 e. The second kappa shape index (κ2) is 6.33. The number of para-hydroxylation sites is 1. The van der Waals surface area contributed by atoms with Crippen LogP contribution in [0.4, 0.5) is 17.5 Å². The van der Waals surface area contributed by atoms with Crippen molar-refractivity contribution in [1.82, 2.24) is 15.2 Å². The van der Waals surface area contributed by atoms with Crippen molar-refractivity contribution >= 4 is 29.1 Å². The summed E-state index contributed by atoms with van der Waals surface area (Å²) in [7, 11) is 0. The van der Waals surface area contributed by atoms with Crippen LogP contribution in [0.1, 0.15) is 20.3 Å². The van der Waals surface area contributed by atoms with Gasteiger partial charge in [0.05, 0.1) is 16.9 Å². The second-order valence-electron chi connectivity index (χ2n) is 4.22. The van der Waals surface area contributed by atoms with E-state index in [4.69, 9.17) is 11.6 Å². The van der Waals surface area contributed by atoms with Crippen molar-refractivity contribution in [3.8, 4) is 0 Å². The van der Waals surface area contributed by atoms with Crippen molar-refractivity contribution < 1.29 is 0 Å². The summed E-state index contributed by atoms with van der Waals surface area (Å²) < 4.78 is 0. The summed E-state index contributed by atoms with van der Waals surface area (Å²) in [5, 5.41) is 14.8. The number of aromatic nitrogens is 3. The summed E-state index contributed by atoms with van der Waals surface area (Å²) in [6.07, 6.45) is 2.55. The van der Waals surface area contributed by atoms with Crippen molar-refractivity contribution in [1.29, 1.82) is 0 Å². The van der Waals surface area contributed by atoms with E-state index in [0.717, 1.165) is 12.1 Å². The SMILES string of the molecule is CCC(C)Nc1nncc(Nc2ccccc2Cl)n1. The van der Waals surface area contributed by atoms with Crippen LogP contribution in [-0.4, -0.2) is 21.2 Å². The molecular formula is C13H16ClN5. The Hall–Kier alpha value is -1.88. The van der Waals surface area contributed by atoms with Crippen molar-refractivity contribution in [2.75, 3.05) is 10.6 Å². The van der Waals surface area contributed by atoms with Crippen molar-refractivity contribution in [2.45, 2.75) is 26.3 Å². The number of nitrogens with zero attached hydrogens (tertiary/aromatic N) is 3. The van der Waals surface area contributed by atoms with Gasteiger partial charge in [0, 0.05) is 6.04 Å². The van der Waals surface area contributed by atoms with E-state index in [2.05, 4.69) is 39.7 Å². The van der Waals surface area contributed by atoms with E-state index < -0.39 is 0 Å². The summed E-state index contributed by atoms with van der Waals surface area (Å²) in [5.41, 5.74) is 0.791. The van der Waals surface area contributed by atoms with Gasteiger partial charge in [-0.15, -0.1) is 5.10 Å². The molecule has 1 aromatic carbocycles. The van der Waals surface area contributed by atoms with Gasteiger partial charge in [0.15, 0.2) is 5.82 Å². The van der Waals surface area contributed by atoms with Crippen molar-refractivity contribution in [3.05, 3.63) is 35.5 Å². The van der Waals surface area contributed by atoms with Crippen molar-refractivity contribution in [2.24, 2.45) is 0 Å². The minimum atomic E-state index is 0.303. The van der Waals surface area contributed by atoms with Gasteiger partial charge in [0.2, 0.25) is 5.95 Å². The van der Waals surface area contributed by atoms with Gasteiger partial charge in [-0.05, 0) is 25.5 Å². The Morgan fingerprint density at radius 3 is 2.84 bits per heavy atom. The Balaban J connectivity index is 2.13. The maximum Gasteiger partial charge on any atom is 0.244 e. The maximum atomic E-state index is 6.08. The number of halogens is 1. The highest BCUT2D eigenvalue weighted by Crippen LogP contribution is 2.23. The molecule has 1 aromatic heterocycles. The fraction of sp³-hybridized carbons (Fsp3) is 0.308. The molecule has 0 amide bonds. The largest absolute Gasteiger partial charge is 0.350 e. The van der Waals surface area contributed by atoms with Gasteiger partial charge in [-0.1, -0.05) is 30.7 Å². The van der Waals surface area contributed by atoms with Gasteiger partial charge >= 0.3 is 0 Å². The molecule has 0 aliphatic heterocycles. The molecule has 1 unspecified atom stereocenters. The first-order valence-corrected chi connectivity index (χ1v) is 6.54. The molecule has 0 spiro atoms. The lowest BCUT2D eigenvalue weighted by Crippen LogP contribution is -2.16. The molecule has 0 fully saturated rings. The average molecular weight is 278 g/mol. The number of benzene rings is 1. The predicted octanol–water partition coefficient (Wildman–Crippen LogP) is 3.48. The molecule has 1 atom stereocenters. The summed E-state index contributed by atoms with van der Waals surface area (Å²) in [4.78, 5) is 4.34. The molecule has 5 nitrogen and oxygen atoms in total. The second-order valence-corrected chi connectivity index (χ2v) is 4.63. The fourth-order valence-electron chi connectivity index (χ4n) is 1.45. The minimum Gasteiger partial charge on any atom is -0.350 e.